The van der Waals surface area contributed by atoms with Crippen molar-refractivity contribution in [2.75, 3.05) is 7.05 Å². The molecule has 112 valence electrons. The number of rotatable bonds is 3. The van der Waals surface area contributed by atoms with Gasteiger partial charge in [-0.05, 0) is 43.0 Å². The van der Waals surface area contributed by atoms with Gasteiger partial charge in [-0.1, -0.05) is 18.2 Å². The van der Waals surface area contributed by atoms with Crippen molar-refractivity contribution in [2.45, 2.75) is 20.4 Å². The number of nitrogens with zero attached hydrogens (tertiary/aromatic N) is 2. The van der Waals surface area contributed by atoms with Crippen LogP contribution in [0.5, 0.6) is 0 Å². The van der Waals surface area contributed by atoms with E-state index in [0.717, 1.165) is 22.2 Å². The summed E-state index contributed by atoms with van der Waals surface area (Å²) in [6.07, 6.45) is 0. The lowest BCUT2D eigenvalue weighted by atomic mass is 10.1. The topological polar surface area (TPSA) is 33.2 Å². The highest BCUT2D eigenvalue weighted by atomic mass is 32.1. The minimum absolute atomic E-state index is 0.0366. The van der Waals surface area contributed by atoms with Crippen LogP contribution >= 0.6 is 11.3 Å². The van der Waals surface area contributed by atoms with Gasteiger partial charge in [-0.25, -0.2) is 0 Å². The number of hydrogen-bond acceptors (Lipinski definition) is 3. The van der Waals surface area contributed by atoms with Crippen LogP contribution in [0.3, 0.4) is 0 Å². The van der Waals surface area contributed by atoms with Gasteiger partial charge in [0.15, 0.2) is 0 Å². The quantitative estimate of drug-likeness (QED) is 0.727. The van der Waals surface area contributed by atoms with Crippen LogP contribution in [-0.2, 0) is 6.54 Å². The van der Waals surface area contributed by atoms with Gasteiger partial charge in [-0.3, -0.25) is 9.78 Å². The third-order valence-corrected chi connectivity index (χ3v) is 4.78. The van der Waals surface area contributed by atoms with E-state index >= 15 is 0 Å². The minimum atomic E-state index is 0.0366. The summed E-state index contributed by atoms with van der Waals surface area (Å²) in [5.74, 6) is 0.0366. The Morgan fingerprint density at radius 1 is 1.23 bits per heavy atom. The number of hydrogen-bond donors (Lipinski definition) is 0. The molecule has 3 aromatic rings. The summed E-state index contributed by atoms with van der Waals surface area (Å²) in [5, 5.41) is 2.97. The second-order valence-electron chi connectivity index (χ2n) is 5.52. The molecule has 0 N–H and O–H groups in total. The number of carbonyl (C=O) groups excluding carboxylic acids is 1. The molecule has 2 heterocycles. The van der Waals surface area contributed by atoms with E-state index in [0.29, 0.717) is 6.54 Å². The molecule has 0 spiro atoms. The largest absolute Gasteiger partial charge is 0.337 e. The van der Waals surface area contributed by atoms with Crippen molar-refractivity contribution >= 4 is 28.1 Å². The van der Waals surface area contributed by atoms with E-state index in [2.05, 4.69) is 23.4 Å². The third-order valence-electron chi connectivity index (χ3n) is 3.77. The molecule has 22 heavy (non-hydrogen) atoms. The van der Waals surface area contributed by atoms with Gasteiger partial charge in [-0.2, -0.15) is 0 Å². The Bertz CT molecular complexity index is 838. The molecule has 0 aliphatic heterocycles. The Labute approximate surface area is 134 Å². The van der Waals surface area contributed by atoms with Crippen LogP contribution in [0, 0.1) is 13.8 Å². The Morgan fingerprint density at radius 3 is 2.73 bits per heavy atom. The lowest BCUT2D eigenvalue weighted by molar-refractivity contribution is 0.0788. The molecular formula is C18H18N2OS. The average molecular weight is 310 g/mol. The molecule has 0 atom stereocenters. The molecule has 0 bridgehead atoms. The second kappa shape index (κ2) is 5.89. The molecule has 4 heteroatoms. The number of aryl methyl sites for hydroxylation is 2. The SMILES string of the molecule is Cc1cc(C(=O)N(C)Cc2sccc2C)c2ccccc2n1. The van der Waals surface area contributed by atoms with Crippen LogP contribution in [0.25, 0.3) is 10.9 Å². The van der Waals surface area contributed by atoms with E-state index in [1.165, 1.54) is 10.4 Å². The van der Waals surface area contributed by atoms with Crippen LogP contribution in [0.4, 0.5) is 0 Å². The zero-order chi connectivity index (χ0) is 15.7. The fraction of sp³-hybridized carbons (Fsp3) is 0.222. The number of fused-ring (bicyclic) bond motifs is 1. The summed E-state index contributed by atoms with van der Waals surface area (Å²) in [6.45, 7) is 4.64. The van der Waals surface area contributed by atoms with Crippen molar-refractivity contribution in [2.24, 2.45) is 0 Å². The van der Waals surface area contributed by atoms with Gasteiger partial charge in [0, 0.05) is 23.0 Å². The number of amides is 1. The van der Waals surface area contributed by atoms with Gasteiger partial charge in [0.2, 0.25) is 0 Å². The highest BCUT2D eigenvalue weighted by molar-refractivity contribution is 7.10. The van der Waals surface area contributed by atoms with E-state index in [9.17, 15) is 4.79 Å². The summed E-state index contributed by atoms with van der Waals surface area (Å²) in [5.41, 5.74) is 3.69. The van der Waals surface area contributed by atoms with Gasteiger partial charge < -0.3 is 4.90 Å². The summed E-state index contributed by atoms with van der Waals surface area (Å²) >= 11 is 1.69. The van der Waals surface area contributed by atoms with Crippen molar-refractivity contribution in [3.8, 4) is 0 Å². The fourth-order valence-electron chi connectivity index (χ4n) is 2.54. The monoisotopic (exact) mass is 310 g/mol. The standard InChI is InChI=1S/C18H18N2OS/c1-12-8-9-22-17(12)11-20(3)18(21)15-10-13(2)19-16-7-5-4-6-14(15)16/h4-10H,11H2,1-3H3. The van der Waals surface area contributed by atoms with Crippen molar-refractivity contribution in [3.63, 3.8) is 0 Å². The summed E-state index contributed by atoms with van der Waals surface area (Å²) in [7, 11) is 1.85. The number of thiophene rings is 1. The Balaban J connectivity index is 1.96. The van der Waals surface area contributed by atoms with Gasteiger partial charge >= 0.3 is 0 Å². The van der Waals surface area contributed by atoms with Gasteiger partial charge in [-0.15, -0.1) is 11.3 Å². The van der Waals surface area contributed by atoms with Crippen molar-refractivity contribution in [3.05, 3.63) is 63.5 Å². The third kappa shape index (κ3) is 2.74. The maximum Gasteiger partial charge on any atom is 0.254 e. The molecule has 0 radical (unpaired) electrons. The zero-order valence-electron chi connectivity index (χ0n) is 13.0. The molecule has 0 fully saturated rings. The molecule has 1 aromatic carbocycles. The maximum atomic E-state index is 12.9. The van der Waals surface area contributed by atoms with Gasteiger partial charge in [0.05, 0.1) is 17.6 Å². The molecule has 0 saturated carbocycles. The van der Waals surface area contributed by atoms with Gasteiger partial charge in [0.1, 0.15) is 0 Å². The number of aromatic nitrogens is 1. The van der Waals surface area contributed by atoms with E-state index in [4.69, 9.17) is 0 Å². The number of para-hydroxylation sites is 1. The van der Waals surface area contributed by atoms with Crippen LogP contribution in [0.1, 0.15) is 26.5 Å². The second-order valence-corrected chi connectivity index (χ2v) is 6.52. The zero-order valence-corrected chi connectivity index (χ0v) is 13.8. The predicted molar refractivity (Wildman–Crippen MR) is 91.3 cm³/mol. The maximum absolute atomic E-state index is 12.9. The molecule has 3 nitrogen and oxygen atoms in total. The van der Waals surface area contributed by atoms with E-state index in [1.807, 2.05) is 44.3 Å². The molecule has 1 amide bonds. The molecule has 3 rings (SSSR count). The average Bonchev–Trinajstić information content (AvgIpc) is 2.90. The van der Waals surface area contributed by atoms with Crippen molar-refractivity contribution in [1.29, 1.82) is 0 Å². The summed E-state index contributed by atoms with van der Waals surface area (Å²) in [4.78, 5) is 20.4. The number of pyridine rings is 1. The van der Waals surface area contributed by atoms with E-state index < -0.39 is 0 Å². The van der Waals surface area contributed by atoms with Gasteiger partial charge in [0.25, 0.3) is 5.91 Å². The van der Waals surface area contributed by atoms with Crippen LogP contribution in [0.15, 0.2) is 41.8 Å². The highest BCUT2D eigenvalue weighted by Crippen LogP contribution is 2.22. The van der Waals surface area contributed by atoms with Crippen molar-refractivity contribution < 1.29 is 4.79 Å². The first-order valence-electron chi connectivity index (χ1n) is 7.21. The highest BCUT2D eigenvalue weighted by Gasteiger charge is 2.17. The normalized spacial score (nSPS) is 10.9. The Morgan fingerprint density at radius 2 is 2.00 bits per heavy atom. The molecular weight excluding hydrogens is 292 g/mol. The molecule has 0 unspecified atom stereocenters. The summed E-state index contributed by atoms with van der Waals surface area (Å²) in [6, 6.07) is 11.8. The lowest BCUT2D eigenvalue weighted by Gasteiger charge is -2.18. The van der Waals surface area contributed by atoms with Crippen LogP contribution < -0.4 is 0 Å². The predicted octanol–water partition coefficient (Wildman–Crippen LogP) is 4.19. The fourth-order valence-corrected chi connectivity index (χ4v) is 3.50. The van der Waals surface area contributed by atoms with E-state index in [-0.39, 0.29) is 5.91 Å². The molecule has 2 aromatic heterocycles. The van der Waals surface area contributed by atoms with E-state index in [1.54, 1.807) is 16.2 Å². The summed E-state index contributed by atoms with van der Waals surface area (Å²) < 4.78 is 0. The Kier molecular flexibility index (Phi) is 3.94. The first-order chi connectivity index (χ1) is 10.6. The molecule has 0 aliphatic rings. The smallest absolute Gasteiger partial charge is 0.254 e. The Hall–Kier alpha value is -2.20. The van der Waals surface area contributed by atoms with Crippen LogP contribution in [-0.4, -0.2) is 22.8 Å². The van der Waals surface area contributed by atoms with Crippen molar-refractivity contribution in [1.82, 2.24) is 9.88 Å². The first-order valence-corrected chi connectivity index (χ1v) is 8.09. The number of carbonyl (C=O) groups is 1. The molecule has 0 aliphatic carbocycles. The molecule has 0 saturated heterocycles. The first kappa shape index (κ1) is 14.7. The number of benzene rings is 1. The van der Waals surface area contributed by atoms with Crippen LogP contribution in [0.2, 0.25) is 0 Å². The minimum Gasteiger partial charge on any atom is -0.337 e. The lowest BCUT2D eigenvalue weighted by Crippen LogP contribution is -2.26.